The molecule has 0 aliphatic rings. The van der Waals surface area contributed by atoms with Crippen LogP contribution < -0.4 is 9.47 Å². The number of benzene rings is 2. The van der Waals surface area contributed by atoms with Crippen molar-refractivity contribution in [2.75, 3.05) is 14.2 Å². The zero-order valence-electron chi connectivity index (χ0n) is 29.7. The third kappa shape index (κ3) is 17.8. The Hall–Kier alpha value is -5.40. The van der Waals surface area contributed by atoms with E-state index in [9.17, 15) is 69.1 Å². The van der Waals surface area contributed by atoms with Gasteiger partial charge in [0.1, 0.15) is 11.5 Å². The van der Waals surface area contributed by atoms with Gasteiger partial charge in [0.2, 0.25) is 0 Å². The van der Waals surface area contributed by atoms with E-state index in [1.54, 1.807) is 24.3 Å². The first-order valence-corrected chi connectivity index (χ1v) is 17.4. The largest absolute Gasteiger partial charge is 3.00 e. The third-order valence-corrected chi connectivity index (χ3v) is 6.62. The van der Waals surface area contributed by atoms with E-state index in [-0.39, 0.29) is 42.6 Å². The topological polar surface area (TPSA) is 70.0 Å². The summed E-state index contributed by atoms with van der Waals surface area (Å²) in [5.41, 5.74) is -0.690. The van der Waals surface area contributed by atoms with E-state index in [1.807, 2.05) is 0 Å². The number of pyridine rings is 4. The van der Waals surface area contributed by atoms with Gasteiger partial charge in [-0.15, -0.1) is 24.3 Å². The molecule has 0 unspecified atom stereocenters. The zero-order valence-corrected chi connectivity index (χ0v) is 33.0. The minimum absolute atomic E-state index is 0. The summed E-state index contributed by atoms with van der Waals surface area (Å²) in [6, 6.07) is 18.9. The molecule has 0 N–H and O–H groups in total. The van der Waals surface area contributed by atoms with Crippen molar-refractivity contribution in [1.29, 1.82) is 0 Å². The second kappa shape index (κ2) is 19.3. The first kappa shape index (κ1) is 50.7. The third-order valence-electron chi connectivity index (χ3n) is 6.62. The van der Waals surface area contributed by atoms with Crippen LogP contribution in [0, 0.1) is 35.4 Å². The Morgan fingerprint density at radius 3 is 1.00 bits per heavy atom. The molecule has 4 heterocycles. The van der Waals surface area contributed by atoms with Gasteiger partial charge in [0.15, 0.2) is 0 Å². The summed E-state index contributed by atoms with van der Waals surface area (Å²) in [6.07, 6.45) is -4.89. The van der Waals surface area contributed by atoms with Crippen molar-refractivity contribution in [2.45, 2.75) is 12.4 Å². The van der Waals surface area contributed by atoms with Gasteiger partial charge in [0.25, 0.3) is 0 Å². The van der Waals surface area contributed by atoms with E-state index < -0.39 is 54.6 Å². The maximum Gasteiger partial charge on any atom is 3.00 e. The van der Waals surface area contributed by atoms with Crippen molar-refractivity contribution in [1.82, 2.24) is 19.9 Å². The van der Waals surface area contributed by atoms with Gasteiger partial charge in [-0.25, -0.2) is 0 Å². The summed E-state index contributed by atoms with van der Waals surface area (Å²) >= 11 is 0. The standard InChI is InChI=1S/C12H6F6N2.2C12H8F2NO.F6P.Ir/c13-11(14,15)7-1-3-9(19-5-7)10-4-2-8(6-20-10)12(16,17)18;2*1-16-9-3-5-12(15-7-9)10-4-2-8(13)6-11(10)14;1-7(2,3,4,5)6;/h1-6H;2*2-3,5-7H,1H3;;/q;3*-1;+3. The van der Waals surface area contributed by atoms with Crippen LogP contribution in [0.25, 0.3) is 33.9 Å². The second-order valence-corrected chi connectivity index (χ2v) is 13.0. The number of methoxy groups -OCH3 is 2. The van der Waals surface area contributed by atoms with E-state index in [1.165, 1.54) is 26.6 Å². The quantitative estimate of drug-likeness (QED) is 0.0973. The predicted octanol–water partition coefficient (Wildman–Crippen LogP) is 13.2. The van der Waals surface area contributed by atoms with Crippen LogP contribution in [0.2, 0.25) is 0 Å². The Labute approximate surface area is 341 Å². The number of nitrogens with zero attached hydrogens (tertiary/aromatic N) is 4. The van der Waals surface area contributed by atoms with Gasteiger partial charge in [0.05, 0.1) is 49.1 Å². The number of rotatable bonds is 5. The average Bonchev–Trinajstić information content (AvgIpc) is 3.14. The minimum Gasteiger partial charge on any atom is 3.00 e. The van der Waals surface area contributed by atoms with Gasteiger partial charge in [-0.2, -0.15) is 26.3 Å². The van der Waals surface area contributed by atoms with Gasteiger partial charge < -0.3 is 19.4 Å². The molecule has 0 bridgehead atoms. The van der Waals surface area contributed by atoms with Gasteiger partial charge in [-0.1, -0.05) is 35.4 Å². The number of halogens is 16. The Morgan fingerprint density at radius 2 is 0.783 bits per heavy atom. The van der Waals surface area contributed by atoms with Crippen LogP contribution in [0.1, 0.15) is 11.1 Å². The summed E-state index contributed by atoms with van der Waals surface area (Å²) in [5.74, 6) is -1.53. The Balaban J connectivity index is 0.000000287. The Kier molecular flexibility index (Phi) is 16.3. The molecule has 0 atom stereocenters. The van der Waals surface area contributed by atoms with Crippen LogP contribution in [-0.4, -0.2) is 34.2 Å². The maximum atomic E-state index is 13.4. The molecule has 6 aromatic rings. The van der Waals surface area contributed by atoms with E-state index in [0.717, 1.165) is 48.5 Å². The van der Waals surface area contributed by atoms with Gasteiger partial charge in [-0.3, -0.25) is 27.5 Å². The Morgan fingerprint density at radius 1 is 0.483 bits per heavy atom. The molecular formula is C36H22F16IrN4O2P. The molecule has 0 saturated carbocycles. The molecule has 324 valence electrons. The number of hydrogen-bond acceptors (Lipinski definition) is 6. The fraction of sp³-hybridized carbons (Fsp3) is 0.111. The predicted molar refractivity (Wildman–Crippen MR) is 181 cm³/mol. The molecule has 0 fully saturated rings. The van der Waals surface area contributed by atoms with Crippen LogP contribution in [0.5, 0.6) is 11.5 Å². The van der Waals surface area contributed by atoms with Crippen molar-refractivity contribution in [3.63, 3.8) is 0 Å². The Bertz CT molecular complexity index is 2140. The SMILES string of the molecule is COc1ccc(-c2[c-]cc(F)cc2F)nc1.COc1ccc(-c2[c-]cc(F)cc2F)nc1.FC(F)(F)c1ccc(-c2ccc(C(F)(F)F)cn2)nc1.F[P-](F)(F)(F)(F)F.[Ir+3]. The average molecular weight is 1070 g/mol. The van der Waals surface area contributed by atoms with Crippen LogP contribution >= 0.6 is 7.81 Å². The molecule has 60 heavy (non-hydrogen) atoms. The fourth-order valence-electron chi connectivity index (χ4n) is 4.01. The van der Waals surface area contributed by atoms with Crippen LogP contribution in [0.3, 0.4) is 0 Å². The van der Waals surface area contributed by atoms with Crippen molar-refractivity contribution in [3.05, 3.63) is 144 Å². The molecule has 2 aromatic carbocycles. The first-order valence-electron chi connectivity index (χ1n) is 15.4. The number of ether oxygens (including phenoxy) is 2. The van der Waals surface area contributed by atoms with Crippen LogP contribution in [0.4, 0.5) is 69.1 Å². The smallest absolute Gasteiger partial charge is 3.00 e. The van der Waals surface area contributed by atoms with Gasteiger partial charge in [-0.05, 0) is 47.8 Å². The van der Waals surface area contributed by atoms with Crippen molar-refractivity contribution in [2.24, 2.45) is 0 Å². The molecule has 0 aliphatic heterocycles. The molecule has 0 spiro atoms. The molecule has 0 aliphatic carbocycles. The van der Waals surface area contributed by atoms with E-state index in [4.69, 9.17) is 9.47 Å². The summed E-state index contributed by atoms with van der Waals surface area (Å²) in [5, 5.41) is 0. The summed E-state index contributed by atoms with van der Waals surface area (Å²) in [4.78, 5) is 15.1. The molecule has 4 aromatic heterocycles. The maximum absolute atomic E-state index is 13.4. The van der Waals surface area contributed by atoms with E-state index in [2.05, 4.69) is 32.1 Å². The zero-order chi connectivity index (χ0) is 44.5. The monoisotopic (exact) mass is 1070 g/mol. The number of aromatic nitrogens is 4. The van der Waals surface area contributed by atoms with Gasteiger partial charge >= 0.3 is 65.4 Å². The van der Waals surface area contributed by atoms with Crippen molar-refractivity contribution in [3.8, 4) is 45.4 Å². The molecule has 0 amide bonds. The number of alkyl halides is 6. The minimum atomic E-state index is -10.7. The fourth-order valence-corrected chi connectivity index (χ4v) is 4.01. The van der Waals surface area contributed by atoms with E-state index in [0.29, 0.717) is 35.3 Å². The molecule has 24 heteroatoms. The molecule has 6 rings (SSSR count). The van der Waals surface area contributed by atoms with Gasteiger partial charge in [0, 0.05) is 35.7 Å². The van der Waals surface area contributed by atoms with Crippen LogP contribution in [-0.2, 0) is 32.5 Å². The molecular weight excluding hydrogens is 1050 g/mol. The molecule has 0 saturated heterocycles. The normalized spacial score (nSPS) is 12.3. The number of hydrogen-bond donors (Lipinski definition) is 0. The summed E-state index contributed by atoms with van der Waals surface area (Å²) in [7, 11) is -7.63. The van der Waals surface area contributed by atoms with Crippen molar-refractivity contribution >= 4 is 7.81 Å². The first-order chi connectivity index (χ1) is 27.0. The molecule has 0 radical (unpaired) electrons. The van der Waals surface area contributed by atoms with Crippen LogP contribution in [0.15, 0.2) is 97.6 Å². The van der Waals surface area contributed by atoms with E-state index >= 15 is 0 Å². The summed E-state index contributed by atoms with van der Waals surface area (Å²) < 4.78 is 195. The second-order valence-electron chi connectivity index (χ2n) is 11.1. The van der Waals surface area contributed by atoms with Crippen molar-refractivity contribution < 1.29 is 98.7 Å². The summed E-state index contributed by atoms with van der Waals surface area (Å²) in [6.45, 7) is 0. The molecule has 6 nitrogen and oxygen atoms in total.